The number of carbonyl (C=O) groups is 2. The van der Waals surface area contributed by atoms with Crippen LogP contribution >= 0.6 is 0 Å². The van der Waals surface area contributed by atoms with E-state index >= 15 is 0 Å². The molecule has 0 radical (unpaired) electrons. The summed E-state index contributed by atoms with van der Waals surface area (Å²) >= 11 is 0. The highest BCUT2D eigenvalue weighted by atomic mass is 16.4. The van der Waals surface area contributed by atoms with Crippen molar-refractivity contribution in [3.63, 3.8) is 0 Å². The monoisotopic (exact) mass is 262 g/mol. The first-order chi connectivity index (χ1) is 9.12. The van der Waals surface area contributed by atoms with Crippen LogP contribution in [0.25, 0.3) is 0 Å². The van der Waals surface area contributed by atoms with Gasteiger partial charge in [-0.2, -0.15) is 0 Å². The minimum absolute atomic E-state index is 0.140. The van der Waals surface area contributed by atoms with Gasteiger partial charge in [0.25, 0.3) is 0 Å². The zero-order valence-corrected chi connectivity index (χ0v) is 10.8. The summed E-state index contributed by atoms with van der Waals surface area (Å²) in [5.74, 6) is -0.937. The summed E-state index contributed by atoms with van der Waals surface area (Å²) < 4.78 is 0. The first-order valence-corrected chi connectivity index (χ1v) is 6.51. The lowest BCUT2D eigenvalue weighted by Gasteiger charge is -2.23. The van der Waals surface area contributed by atoms with Crippen LogP contribution in [0, 0.1) is 5.41 Å². The number of carboxylic acids is 1. The first-order valence-electron chi connectivity index (χ1n) is 6.51. The molecule has 0 unspecified atom stereocenters. The van der Waals surface area contributed by atoms with Crippen molar-refractivity contribution in [1.29, 1.82) is 0 Å². The lowest BCUT2D eigenvalue weighted by molar-refractivity contribution is -0.148. The third-order valence-corrected chi connectivity index (χ3v) is 3.75. The van der Waals surface area contributed by atoms with Crippen LogP contribution in [0.3, 0.4) is 0 Å². The molecule has 1 aliphatic carbocycles. The number of amides is 1. The zero-order chi connectivity index (χ0) is 13.7. The summed E-state index contributed by atoms with van der Waals surface area (Å²) in [5, 5.41) is 12.1. The highest BCUT2D eigenvalue weighted by Crippen LogP contribution is 2.37. The van der Waals surface area contributed by atoms with Crippen LogP contribution < -0.4 is 5.32 Å². The van der Waals surface area contributed by atoms with Gasteiger partial charge in [-0.1, -0.05) is 12.8 Å². The van der Waals surface area contributed by atoms with E-state index in [0.29, 0.717) is 12.8 Å². The normalized spacial score (nSPS) is 17.1. The third kappa shape index (κ3) is 3.30. The fourth-order valence-electron chi connectivity index (χ4n) is 2.53. The van der Waals surface area contributed by atoms with E-state index < -0.39 is 11.4 Å². The minimum atomic E-state index is -0.797. The zero-order valence-electron chi connectivity index (χ0n) is 10.8. The van der Waals surface area contributed by atoms with E-state index in [1.807, 2.05) is 0 Å². The molecule has 1 saturated carbocycles. The fourth-order valence-corrected chi connectivity index (χ4v) is 2.53. The summed E-state index contributed by atoms with van der Waals surface area (Å²) in [5.41, 5.74) is 0.122. The van der Waals surface area contributed by atoms with Crippen molar-refractivity contribution >= 4 is 11.9 Å². The van der Waals surface area contributed by atoms with E-state index in [1.165, 1.54) is 0 Å². The van der Waals surface area contributed by atoms with E-state index in [-0.39, 0.29) is 18.9 Å². The molecule has 2 rings (SSSR count). The molecule has 2 N–H and O–H groups in total. The quantitative estimate of drug-likeness (QED) is 0.840. The summed E-state index contributed by atoms with van der Waals surface area (Å²) in [4.78, 5) is 27.0. The fraction of sp³-hybridized carbons (Fsp3) is 0.500. The number of nitrogens with one attached hydrogen (secondary N) is 1. The molecule has 1 heterocycles. The molecule has 1 aromatic heterocycles. The number of hydrogen-bond acceptors (Lipinski definition) is 3. The second-order valence-corrected chi connectivity index (χ2v) is 5.10. The molecule has 0 atom stereocenters. The van der Waals surface area contributed by atoms with Gasteiger partial charge in [0.05, 0.1) is 11.8 Å². The number of nitrogens with zero attached hydrogens (tertiary/aromatic N) is 1. The Morgan fingerprint density at radius 2 is 1.89 bits per heavy atom. The van der Waals surface area contributed by atoms with E-state index in [0.717, 1.165) is 18.4 Å². The van der Waals surface area contributed by atoms with E-state index in [2.05, 4.69) is 10.3 Å². The number of aliphatic carboxylic acids is 1. The van der Waals surface area contributed by atoms with Gasteiger partial charge in [0.15, 0.2) is 0 Å². The van der Waals surface area contributed by atoms with Crippen molar-refractivity contribution in [2.45, 2.75) is 32.1 Å². The number of aromatic nitrogens is 1. The second-order valence-electron chi connectivity index (χ2n) is 5.10. The maximum absolute atomic E-state index is 11.8. The predicted octanol–water partition coefficient (Wildman–Crippen LogP) is 1.39. The van der Waals surface area contributed by atoms with Gasteiger partial charge in [-0.05, 0) is 30.5 Å². The molecule has 1 aromatic rings. The largest absolute Gasteiger partial charge is 0.481 e. The molecule has 102 valence electrons. The van der Waals surface area contributed by atoms with Crippen LogP contribution in [-0.2, 0) is 16.0 Å². The molecule has 5 nitrogen and oxygen atoms in total. The minimum Gasteiger partial charge on any atom is -0.481 e. The summed E-state index contributed by atoms with van der Waals surface area (Å²) in [6.07, 6.45) is 6.68. The number of carboxylic acid groups (broad SMARTS) is 1. The van der Waals surface area contributed by atoms with Crippen LogP contribution in [0.5, 0.6) is 0 Å². The Hall–Kier alpha value is -1.91. The van der Waals surface area contributed by atoms with Crippen LogP contribution in [-0.4, -0.2) is 28.5 Å². The summed E-state index contributed by atoms with van der Waals surface area (Å²) in [6, 6.07) is 3.56. The van der Waals surface area contributed by atoms with Crippen molar-refractivity contribution in [3.8, 4) is 0 Å². The van der Waals surface area contributed by atoms with E-state index in [1.54, 1.807) is 24.5 Å². The third-order valence-electron chi connectivity index (χ3n) is 3.75. The molecule has 0 spiro atoms. The van der Waals surface area contributed by atoms with Crippen molar-refractivity contribution in [3.05, 3.63) is 30.1 Å². The molecule has 0 aromatic carbocycles. The molecule has 0 saturated heterocycles. The SMILES string of the molecule is O=C(Cc1ccncc1)NCC1(C(=O)O)CCCC1. The molecular formula is C14H18N2O3. The molecule has 5 heteroatoms. The number of rotatable bonds is 5. The number of pyridine rings is 1. The van der Waals surface area contributed by atoms with Gasteiger partial charge < -0.3 is 10.4 Å². The topological polar surface area (TPSA) is 79.3 Å². The molecule has 0 aliphatic heterocycles. The first kappa shape index (κ1) is 13.5. The van der Waals surface area contributed by atoms with E-state index in [9.17, 15) is 14.7 Å². The van der Waals surface area contributed by atoms with Crippen molar-refractivity contribution < 1.29 is 14.7 Å². The Bertz CT molecular complexity index is 453. The van der Waals surface area contributed by atoms with Crippen molar-refractivity contribution in [1.82, 2.24) is 10.3 Å². The van der Waals surface area contributed by atoms with Gasteiger partial charge in [0.1, 0.15) is 0 Å². The van der Waals surface area contributed by atoms with Gasteiger partial charge in [-0.3, -0.25) is 14.6 Å². The maximum Gasteiger partial charge on any atom is 0.311 e. The Balaban J connectivity index is 1.88. The Morgan fingerprint density at radius 1 is 1.26 bits per heavy atom. The van der Waals surface area contributed by atoms with Crippen molar-refractivity contribution in [2.75, 3.05) is 6.54 Å². The van der Waals surface area contributed by atoms with Crippen LogP contribution in [0.15, 0.2) is 24.5 Å². The predicted molar refractivity (Wildman–Crippen MR) is 69.5 cm³/mol. The van der Waals surface area contributed by atoms with Gasteiger partial charge >= 0.3 is 5.97 Å². The molecule has 1 fully saturated rings. The molecule has 0 bridgehead atoms. The lowest BCUT2D eigenvalue weighted by Crippen LogP contribution is -2.41. The Labute approximate surface area is 112 Å². The standard InChI is InChI=1S/C14H18N2O3/c17-12(9-11-3-7-15-8-4-11)16-10-14(13(18)19)5-1-2-6-14/h3-4,7-8H,1-2,5-6,9-10H2,(H,16,17)(H,18,19). The molecule has 1 aliphatic rings. The molecule has 19 heavy (non-hydrogen) atoms. The number of carbonyl (C=O) groups excluding carboxylic acids is 1. The summed E-state index contributed by atoms with van der Waals surface area (Å²) in [7, 11) is 0. The average molecular weight is 262 g/mol. The van der Waals surface area contributed by atoms with Gasteiger partial charge in [-0.15, -0.1) is 0 Å². The molecular weight excluding hydrogens is 244 g/mol. The molecule has 1 amide bonds. The van der Waals surface area contributed by atoms with Crippen LogP contribution in [0.4, 0.5) is 0 Å². The Kier molecular flexibility index (Phi) is 4.14. The van der Waals surface area contributed by atoms with Gasteiger partial charge in [0.2, 0.25) is 5.91 Å². The Morgan fingerprint density at radius 3 is 2.47 bits per heavy atom. The van der Waals surface area contributed by atoms with Crippen LogP contribution in [0.2, 0.25) is 0 Å². The van der Waals surface area contributed by atoms with Gasteiger partial charge in [0, 0.05) is 18.9 Å². The van der Waals surface area contributed by atoms with Crippen LogP contribution in [0.1, 0.15) is 31.2 Å². The lowest BCUT2D eigenvalue weighted by atomic mass is 9.86. The maximum atomic E-state index is 11.8. The van der Waals surface area contributed by atoms with E-state index in [4.69, 9.17) is 0 Å². The van der Waals surface area contributed by atoms with Gasteiger partial charge in [-0.25, -0.2) is 0 Å². The highest BCUT2D eigenvalue weighted by Gasteiger charge is 2.41. The smallest absolute Gasteiger partial charge is 0.311 e. The average Bonchev–Trinajstić information content (AvgIpc) is 2.88. The van der Waals surface area contributed by atoms with Crippen molar-refractivity contribution in [2.24, 2.45) is 5.41 Å². The summed E-state index contributed by atoms with van der Waals surface area (Å²) in [6.45, 7) is 0.228. The highest BCUT2D eigenvalue weighted by molar-refractivity contribution is 5.80. The second kappa shape index (κ2) is 5.82. The number of hydrogen-bond donors (Lipinski definition) is 2.